The van der Waals surface area contributed by atoms with Gasteiger partial charge in [0, 0.05) is 17.7 Å². The van der Waals surface area contributed by atoms with Gasteiger partial charge in [0.15, 0.2) is 5.16 Å². The summed E-state index contributed by atoms with van der Waals surface area (Å²) in [7, 11) is 0. The standard InChI is InChI=1S/C12H9N5O2S/c1-20-12-15-10(9(6-13)11(14)16-12)7-2-4-8(5-3-7)17(18)19/h2-5H,1H3,(H2,14,15,16). The number of anilines is 1. The number of nitrogen functional groups attached to an aromatic ring is 1. The molecule has 0 amide bonds. The van der Waals surface area contributed by atoms with Crippen LogP contribution in [0.25, 0.3) is 11.3 Å². The lowest BCUT2D eigenvalue weighted by Crippen LogP contribution is -2.02. The number of nitrogens with zero attached hydrogens (tertiary/aromatic N) is 4. The van der Waals surface area contributed by atoms with Gasteiger partial charge < -0.3 is 5.73 Å². The molecular weight excluding hydrogens is 278 g/mol. The Hall–Kier alpha value is -2.66. The van der Waals surface area contributed by atoms with Crippen molar-refractivity contribution in [3.8, 4) is 17.3 Å². The summed E-state index contributed by atoms with van der Waals surface area (Å²) in [6, 6.07) is 7.73. The van der Waals surface area contributed by atoms with E-state index in [1.165, 1.54) is 36.0 Å². The summed E-state index contributed by atoms with van der Waals surface area (Å²) < 4.78 is 0. The molecule has 0 spiro atoms. The number of nitrogens with two attached hydrogens (primary N) is 1. The molecule has 0 unspecified atom stereocenters. The van der Waals surface area contributed by atoms with Gasteiger partial charge in [-0.25, -0.2) is 9.97 Å². The van der Waals surface area contributed by atoms with Crippen molar-refractivity contribution in [1.82, 2.24) is 9.97 Å². The van der Waals surface area contributed by atoms with Crippen molar-refractivity contribution >= 4 is 23.3 Å². The lowest BCUT2D eigenvalue weighted by Gasteiger charge is -2.07. The first-order valence-electron chi connectivity index (χ1n) is 5.43. The highest BCUT2D eigenvalue weighted by Crippen LogP contribution is 2.28. The fraction of sp³-hybridized carbons (Fsp3) is 0.0833. The van der Waals surface area contributed by atoms with E-state index in [0.29, 0.717) is 16.4 Å². The largest absolute Gasteiger partial charge is 0.382 e. The number of hydrogen-bond acceptors (Lipinski definition) is 7. The van der Waals surface area contributed by atoms with E-state index in [4.69, 9.17) is 11.0 Å². The van der Waals surface area contributed by atoms with Crippen LogP contribution < -0.4 is 5.73 Å². The second-order valence-electron chi connectivity index (χ2n) is 3.73. The van der Waals surface area contributed by atoms with E-state index < -0.39 is 4.92 Å². The van der Waals surface area contributed by atoms with Crippen molar-refractivity contribution in [3.05, 3.63) is 39.9 Å². The average Bonchev–Trinajstić information content (AvgIpc) is 2.46. The number of hydrogen-bond donors (Lipinski definition) is 1. The fourth-order valence-corrected chi connectivity index (χ4v) is 1.98. The topological polar surface area (TPSA) is 119 Å². The molecule has 1 aromatic carbocycles. The van der Waals surface area contributed by atoms with E-state index in [1.54, 1.807) is 6.26 Å². The van der Waals surface area contributed by atoms with Crippen molar-refractivity contribution in [2.24, 2.45) is 0 Å². The maximum absolute atomic E-state index is 10.6. The maximum atomic E-state index is 10.6. The van der Waals surface area contributed by atoms with Crippen molar-refractivity contribution in [2.75, 3.05) is 12.0 Å². The normalized spacial score (nSPS) is 10.0. The number of thioether (sulfide) groups is 1. The molecule has 1 aromatic heterocycles. The van der Waals surface area contributed by atoms with Crippen LogP contribution in [-0.2, 0) is 0 Å². The third-order valence-corrected chi connectivity index (χ3v) is 3.11. The first kappa shape index (κ1) is 13.8. The second-order valence-corrected chi connectivity index (χ2v) is 4.51. The zero-order valence-corrected chi connectivity index (χ0v) is 11.2. The minimum Gasteiger partial charge on any atom is -0.382 e. The van der Waals surface area contributed by atoms with Gasteiger partial charge in [0.05, 0.1) is 10.6 Å². The van der Waals surface area contributed by atoms with Crippen LogP contribution in [-0.4, -0.2) is 21.1 Å². The minimum atomic E-state index is -0.489. The van der Waals surface area contributed by atoms with E-state index in [1.807, 2.05) is 6.07 Å². The van der Waals surface area contributed by atoms with Crippen LogP contribution >= 0.6 is 11.8 Å². The SMILES string of the molecule is CSc1nc(N)c(C#N)c(-c2ccc([N+](=O)[O-])cc2)n1. The van der Waals surface area contributed by atoms with Crippen LogP contribution in [0.1, 0.15) is 5.56 Å². The molecule has 0 fully saturated rings. The predicted octanol–water partition coefficient (Wildman–Crippen LogP) is 2.23. The molecular formula is C12H9N5O2S. The molecule has 1 heterocycles. The van der Waals surface area contributed by atoms with Gasteiger partial charge in [-0.05, 0) is 18.4 Å². The van der Waals surface area contributed by atoms with E-state index in [9.17, 15) is 10.1 Å². The van der Waals surface area contributed by atoms with Gasteiger partial charge >= 0.3 is 0 Å². The Labute approximate surface area is 118 Å². The van der Waals surface area contributed by atoms with Crippen molar-refractivity contribution < 1.29 is 4.92 Å². The van der Waals surface area contributed by atoms with Crippen molar-refractivity contribution in [1.29, 1.82) is 5.26 Å². The smallest absolute Gasteiger partial charge is 0.269 e. The van der Waals surface area contributed by atoms with Crippen LogP contribution in [0.5, 0.6) is 0 Å². The summed E-state index contributed by atoms with van der Waals surface area (Å²) in [5, 5.41) is 20.2. The van der Waals surface area contributed by atoms with Gasteiger partial charge in [-0.3, -0.25) is 10.1 Å². The summed E-state index contributed by atoms with van der Waals surface area (Å²) in [5.41, 5.74) is 6.82. The molecule has 2 rings (SSSR count). The van der Waals surface area contributed by atoms with Crippen LogP contribution in [0.2, 0.25) is 0 Å². The van der Waals surface area contributed by atoms with Crippen LogP contribution in [0.3, 0.4) is 0 Å². The summed E-state index contributed by atoms with van der Waals surface area (Å²) >= 11 is 1.30. The third kappa shape index (κ3) is 2.53. The second kappa shape index (κ2) is 5.54. The van der Waals surface area contributed by atoms with Crippen LogP contribution in [0, 0.1) is 21.4 Å². The maximum Gasteiger partial charge on any atom is 0.269 e. The lowest BCUT2D eigenvalue weighted by atomic mass is 10.1. The number of nitro groups is 1. The first-order chi connectivity index (χ1) is 9.56. The molecule has 2 aromatic rings. The molecule has 8 heteroatoms. The third-order valence-electron chi connectivity index (χ3n) is 2.56. The van der Waals surface area contributed by atoms with Gasteiger partial charge in [-0.15, -0.1) is 0 Å². The van der Waals surface area contributed by atoms with Crippen LogP contribution in [0.4, 0.5) is 11.5 Å². The van der Waals surface area contributed by atoms with Gasteiger partial charge in [0.2, 0.25) is 0 Å². The predicted molar refractivity (Wildman–Crippen MR) is 75.0 cm³/mol. The molecule has 20 heavy (non-hydrogen) atoms. The van der Waals surface area contributed by atoms with Gasteiger partial charge in [-0.1, -0.05) is 11.8 Å². The number of aromatic nitrogens is 2. The number of nitro benzene ring substituents is 1. The van der Waals surface area contributed by atoms with Gasteiger partial charge in [0.25, 0.3) is 5.69 Å². The Morgan fingerprint density at radius 1 is 1.35 bits per heavy atom. The van der Waals surface area contributed by atoms with Gasteiger partial charge in [-0.2, -0.15) is 5.26 Å². The summed E-state index contributed by atoms with van der Waals surface area (Å²) in [6.07, 6.45) is 1.79. The molecule has 0 atom stereocenters. The molecule has 0 saturated heterocycles. The lowest BCUT2D eigenvalue weighted by molar-refractivity contribution is -0.384. The summed E-state index contributed by atoms with van der Waals surface area (Å²) in [6.45, 7) is 0. The minimum absolute atomic E-state index is 0.0284. The Bertz CT molecular complexity index is 709. The first-order valence-corrected chi connectivity index (χ1v) is 6.65. The average molecular weight is 287 g/mol. The zero-order valence-electron chi connectivity index (χ0n) is 10.4. The number of rotatable bonds is 3. The quantitative estimate of drug-likeness (QED) is 0.398. The van der Waals surface area contributed by atoms with E-state index in [-0.39, 0.29) is 17.1 Å². The molecule has 0 aliphatic rings. The highest BCUT2D eigenvalue weighted by Gasteiger charge is 2.15. The molecule has 2 N–H and O–H groups in total. The number of non-ortho nitro benzene ring substituents is 1. The molecule has 100 valence electrons. The summed E-state index contributed by atoms with van der Waals surface area (Å²) in [5.74, 6) is 0.0974. The zero-order chi connectivity index (χ0) is 14.7. The monoisotopic (exact) mass is 287 g/mol. The van der Waals surface area contributed by atoms with Crippen LogP contribution in [0.15, 0.2) is 29.4 Å². The van der Waals surface area contributed by atoms with E-state index >= 15 is 0 Å². The van der Waals surface area contributed by atoms with Crippen molar-refractivity contribution in [3.63, 3.8) is 0 Å². The van der Waals surface area contributed by atoms with Crippen molar-refractivity contribution in [2.45, 2.75) is 5.16 Å². The molecule has 0 radical (unpaired) electrons. The highest BCUT2D eigenvalue weighted by atomic mass is 32.2. The fourth-order valence-electron chi connectivity index (χ4n) is 1.61. The highest BCUT2D eigenvalue weighted by molar-refractivity contribution is 7.98. The van der Waals surface area contributed by atoms with E-state index in [0.717, 1.165) is 0 Å². The number of benzene rings is 1. The Morgan fingerprint density at radius 2 is 2.00 bits per heavy atom. The molecule has 0 bridgehead atoms. The molecule has 0 aliphatic carbocycles. The Kier molecular flexibility index (Phi) is 3.81. The van der Waals surface area contributed by atoms with E-state index in [2.05, 4.69) is 9.97 Å². The molecule has 0 saturated carbocycles. The Morgan fingerprint density at radius 3 is 2.50 bits per heavy atom. The Balaban J connectivity index is 2.59. The number of nitriles is 1. The van der Waals surface area contributed by atoms with Gasteiger partial charge in [0.1, 0.15) is 17.5 Å². The molecule has 0 aliphatic heterocycles. The molecule has 7 nitrogen and oxygen atoms in total. The summed E-state index contributed by atoms with van der Waals surface area (Å²) in [4.78, 5) is 18.4.